The van der Waals surface area contributed by atoms with Crippen molar-refractivity contribution in [1.82, 2.24) is 9.88 Å². The highest BCUT2D eigenvalue weighted by atomic mass is 16.6. The van der Waals surface area contributed by atoms with E-state index >= 15 is 0 Å². The van der Waals surface area contributed by atoms with Crippen LogP contribution in [0.2, 0.25) is 0 Å². The predicted octanol–water partition coefficient (Wildman–Crippen LogP) is 4.94. The molecular formula is C20H26N2O2. The first-order valence-corrected chi connectivity index (χ1v) is 8.68. The summed E-state index contributed by atoms with van der Waals surface area (Å²) in [6.07, 6.45) is 3.66. The van der Waals surface area contributed by atoms with Crippen LogP contribution in [0.1, 0.15) is 52.1 Å². The zero-order valence-corrected chi connectivity index (χ0v) is 15.0. The van der Waals surface area contributed by atoms with Gasteiger partial charge in [-0.1, -0.05) is 25.1 Å². The highest BCUT2D eigenvalue weighted by Gasteiger charge is 2.33. The normalized spacial score (nSPS) is 21.8. The zero-order valence-electron chi connectivity index (χ0n) is 15.0. The first-order valence-electron chi connectivity index (χ1n) is 8.68. The standard InChI is InChI=1S/C20H26N2O2/c1-14-7-10-18(22(13-14)19(23)24-20(2,3)4)16-9-8-15-6-5-11-21-17(15)12-16/h5-6,8-9,11-12,14,18H,7,10,13H2,1-4H3/t14-,18+/m0/s1. The number of hydrogen-bond donors (Lipinski definition) is 0. The summed E-state index contributed by atoms with van der Waals surface area (Å²) in [5.41, 5.74) is 1.63. The molecule has 1 aliphatic heterocycles. The number of pyridine rings is 1. The van der Waals surface area contributed by atoms with E-state index in [4.69, 9.17) is 4.74 Å². The quantitative estimate of drug-likeness (QED) is 0.745. The van der Waals surface area contributed by atoms with E-state index in [2.05, 4.69) is 36.2 Å². The van der Waals surface area contributed by atoms with E-state index in [1.807, 2.05) is 31.7 Å². The number of benzene rings is 1. The van der Waals surface area contributed by atoms with Crippen LogP contribution < -0.4 is 0 Å². The molecule has 1 saturated heterocycles. The Labute approximate surface area is 143 Å². The Morgan fingerprint density at radius 3 is 2.79 bits per heavy atom. The topological polar surface area (TPSA) is 42.4 Å². The van der Waals surface area contributed by atoms with Gasteiger partial charge in [0, 0.05) is 18.1 Å². The number of nitrogens with zero attached hydrogens (tertiary/aromatic N) is 2. The Morgan fingerprint density at radius 2 is 2.04 bits per heavy atom. The van der Waals surface area contributed by atoms with E-state index in [-0.39, 0.29) is 12.1 Å². The summed E-state index contributed by atoms with van der Waals surface area (Å²) in [5.74, 6) is 0.493. The van der Waals surface area contributed by atoms with Crippen molar-refractivity contribution in [3.05, 3.63) is 42.1 Å². The predicted molar refractivity (Wildman–Crippen MR) is 95.8 cm³/mol. The molecule has 0 aliphatic carbocycles. The van der Waals surface area contributed by atoms with E-state index < -0.39 is 5.60 Å². The molecule has 0 spiro atoms. The molecule has 0 saturated carbocycles. The van der Waals surface area contributed by atoms with Crippen LogP contribution in [0.15, 0.2) is 36.5 Å². The molecule has 2 heterocycles. The van der Waals surface area contributed by atoms with Crippen LogP contribution in [0.25, 0.3) is 10.9 Å². The fourth-order valence-electron chi connectivity index (χ4n) is 3.31. The van der Waals surface area contributed by atoms with Crippen molar-refractivity contribution >= 4 is 17.0 Å². The Morgan fingerprint density at radius 1 is 1.25 bits per heavy atom. The van der Waals surface area contributed by atoms with Crippen LogP contribution in [0.4, 0.5) is 4.79 Å². The molecule has 1 amide bonds. The minimum absolute atomic E-state index is 0.0578. The molecule has 2 atom stereocenters. The second kappa shape index (κ2) is 6.42. The van der Waals surface area contributed by atoms with Crippen molar-refractivity contribution in [2.24, 2.45) is 5.92 Å². The minimum atomic E-state index is -0.479. The van der Waals surface area contributed by atoms with Gasteiger partial charge in [-0.05, 0) is 57.2 Å². The Kier molecular flexibility index (Phi) is 4.48. The number of hydrogen-bond acceptors (Lipinski definition) is 3. The van der Waals surface area contributed by atoms with E-state index in [1.165, 1.54) is 0 Å². The molecule has 1 aromatic heterocycles. The second-order valence-corrected chi connectivity index (χ2v) is 7.79. The highest BCUT2D eigenvalue weighted by molar-refractivity contribution is 5.79. The Balaban J connectivity index is 1.91. The summed E-state index contributed by atoms with van der Waals surface area (Å²) in [6.45, 7) is 8.66. The number of likely N-dealkylation sites (tertiary alicyclic amines) is 1. The average Bonchev–Trinajstić information content (AvgIpc) is 2.53. The van der Waals surface area contributed by atoms with Crippen molar-refractivity contribution < 1.29 is 9.53 Å². The molecule has 1 aromatic carbocycles. The maximum atomic E-state index is 12.7. The number of aromatic nitrogens is 1. The molecule has 1 fully saturated rings. The third-order valence-electron chi connectivity index (χ3n) is 4.46. The molecule has 0 N–H and O–H groups in total. The third kappa shape index (κ3) is 3.69. The smallest absolute Gasteiger partial charge is 0.410 e. The zero-order chi connectivity index (χ0) is 17.3. The number of fused-ring (bicyclic) bond motifs is 1. The van der Waals surface area contributed by atoms with Crippen LogP contribution in [0.5, 0.6) is 0 Å². The first kappa shape index (κ1) is 16.7. The lowest BCUT2D eigenvalue weighted by atomic mass is 9.90. The summed E-state index contributed by atoms with van der Waals surface area (Å²) in [5, 5.41) is 1.12. The van der Waals surface area contributed by atoms with Gasteiger partial charge in [-0.25, -0.2) is 4.79 Å². The largest absolute Gasteiger partial charge is 0.444 e. The number of piperidine rings is 1. The molecule has 128 valence electrons. The van der Waals surface area contributed by atoms with Gasteiger partial charge in [-0.15, -0.1) is 0 Å². The fraction of sp³-hybridized carbons (Fsp3) is 0.500. The van der Waals surface area contributed by atoms with Gasteiger partial charge in [-0.2, -0.15) is 0 Å². The van der Waals surface area contributed by atoms with E-state index in [1.54, 1.807) is 6.20 Å². The number of rotatable bonds is 1. The highest BCUT2D eigenvalue weighted by Crippen LogP contribution is 2.35. The molecule has 2 aromatic rings. The van der Waals surface area contributed by atoms with Crippen LogP contribution >= 0.6 is 0 Å². The first-order chi connectivity index (χ1) is 11.3. The lowest BCUT2D eigenvalue weighted by Gasteiger charge is -2.39. The van der Waals surface area contributed by atoms with Crippen molar-refractivity contribution in [1.29, 1.82) is 0 Å². The number of carbonyl (C=O) groups excluding carboxylic acids is 1. The van der Waals surface area contributed by atoms with Crippen molar-refractivity contribution in [3.63, 3.8) is 0 Å². The molecule has 0 bridgehead atoms. The summed E-state index contributed by atoms with van der Waals surface area (Å²) in [7, 11) is 0. The number of ether oxygens (including phenoxy) is 1. The summed E-state index contributed by atoms with van der Waals surface area (Å²) in [6, 6.07) is 10.4. The van der Waals surface area contributed by atoms with Crippen molar-refractivity contribution in [2.45, 2.75) is 52.2 Å². The van der Waals surface area contributed by atoms with E-state index in [9.17, 15) is 4.79 Å². The molecule has 24 heavy (non-hydrogen) atoms. The van der Waals surface area contributed by atoms with Gasteiger partial charge in [0.05, 0.1) is 11.6 Å². The maximum absolute atomic E-state index is 12.7. The molecule has 0 radical (unpaired) electrons. The Hall–Kier alpha value is -2.10. The van der Waals surface area contributed by atoms with Gasteiger partial charge in [-0.3, -0.25) is 4.98 Å². The average molecular weight is 326 g/mol. The van der Waals surface area contributed by atoms with E-state index in [0.29, 0.717) is 5.92 Å². The lowest BCUT2D eigenvalue weighted by Crippen LogP contribution is -2.44. The summed E-state index contributed by atoms with van der Waals surface area (Å²) < 4.78 is 5.64. The van der Waals surface area contributed by atoms with Crippen molar-refractivity contribution in [2.75, 3.05) is 6.54 Å². The van der Waals surface area contributed by atoms with Crippen LogP contribution in [-0.2, 0) is 4.74 Å². The lowest BCUT2D eigenvalue weighted by molar-refractivity contribution is 0.00365. The van der Waals surface area contributed by atoms with Gasteiger partial charge < -0.3 is 9.64 Å². The molecule has 4 nitrogen and oxygen atoms in total. The van der Waals surface area contributed by atoms with Crippen molar-refractivity contribution in [3.8, 4) is 0 Å². The minimum Gasteiger partial charge on any atom is -0.444 e. The Bertz CT molecular complexity index is 736. The summed E-state index contributed by atoms with van der Waals surface area (Å²) in [4.78, 5) is 19.0. The van der Waals surface area contributed by atoms with Gasteiger partial charge in [0.15, 0.2) is 0 Å². The summed E-state index contributed by atoms with van der Waals surface area (Å²) >= 11 is 0. The molecule has 3 rings (SSSR count). The number of amides is 1. The van der Waals surface area contributed by atoms with E-state index in [0.717, 1.165) is 35.9 Å². The van der Waals surface area contributed by atoms with Gasteiger partial charge in [0.2, 0.25) is 0 Å². The second-order valence-electron chi connectivity index (χ2n) is 7.79. The fourth-order valence-corrected chi connectivity index (χ4v) is 3.31. The molecular weight excluding hydrogens is 300 g/mol. The third-order valence-corrected chi connectivity index (χ3v) is 4.46. The molecule has 4 heteroatoms. The van der Waals surface area contributed by atoms with Gasteiger partial charge in [0.25, 0.3) is 0 Å². The van der Waals surface area contributed by atoms with Crippen LogP contribution in [0, 0.1) is 5.92 Å². The molecule has 1 aliphatic rings. The SMILES string of the molecule is C[C@H]1CC[C@H](c2ccc3cccnc3c2)N(C(=O)OC(C)(C)C)C1. The molecule has 0 unspecified atom stereocenters. The monoisotopic (exact) mass is 326 g/mol. The number of carbonyl (C=O) groups is 1. The van der Waals surface area contributed by atoms with Gasteiger partial charge in [0.1, 0.15) is 5.60 Å². The van der Waals surface area contributed by atoms with Crippen LogP contribution in [0.3, 0.4) is 0 Å². The van der Waals surface area contributed by atoms with Crippen LogP contribution in [-0.4, -0.2) is 28.1 Å². The maximum Gasteiger partial charge on any atom is 0.410 e. The van der Waals surface area contributed by atoms with Gasteiger partial charge >= 0.3 is 6.09 Å².